The van der Waals surface area contributed by atoms with Crippen molar-refractivity contribution in [2.45, 2.75) is 26.9 Å². The van der Waals surface area contributed by atoms with Gasteiger partial charge in [0.2, 0.25) is 0 Å². The zero-order valence-electron chi connectivity index (χ0n) is 12.2. The van der Waals surface area contributed by atoms with E-state index in [0.717, 1.165) is 16.9 Å². The highest BCUT2D eigenvalue weighted by atomic mass is 35.5. The van der Waals surface area contributed by atoms with Crippen molar-refractivity contribution in [2.75, 3.05) is 11.1 Å². The number of nitrogen functional groups attached to an aromatic ring is 1. The predicted molar refractivity (Wildman–Crippen MR) is 91.1 cm³/mol. The van der Waals surface area contributed by atoms with E-state index in [2.05, 4.69) is 5.32 Å². The number of ether oxygens (including phenoxy) is 1. The first-order valence-electron chi connectivity index (χ1n) is 6.65. The molecule has 0 amide bonds. The summed E-state index contributed by atoms with van der Waals surface area (Å²) in [5, 5.41) is 4.50. The number of nitrogens with one attached hydrogen (secondary N) is 1. The Morgan fingerprint density at radius 2 is 1.81 bits per heavy atom. The zero-order valence-corrected chi connectivity index (χ0v) is 13.7. The number of hydrogen-bond donors (Lipinski definition) is 2. The van der Waals surface area contributed by atoms with Gasteiger partial charge in [0.15, 0.2) is 0 Å². The molecule has 112 valence electrons. The lowest BCUT2D eigenvalue weighted by molar-refractivity contribution is 0.244. The molecule has 0 atom stereocenters. The molecule has 2 aromatic carbocycles. The van der Waals surface area contributed by atoms with Crippen molar-refractivity contribution in [3.63, 3.8) is 0 Å². The lowest BCUT2D eigenvalue weighted by atomic mass is 10.2. The number of hydrogen-bond acceptors (Lipinski definition) is 3. The fraction of sp³-hybridized carbons (Fsp3) is 0.250. The van der Waals surface area contributed by atoms with Crippen LogP contribution in [0.25, 0.3) is 0 Å². The molecule has 5 heteroatoms. The van der Waals surface area contributed by atoms with Crippen LogP contribution in [0.15, 0.2) is 30.3 Å². The molecule has 2 rings (SSSR count). The van der Waals surface area contributed by atoms with Gasteiger partial charge in [0.25, 0.3) is 0 Å². The molecular formula is C16H18Cl2N2O. The van der Waals surface area contributed by atoms with E-state index in [9.17, 15) is 0 Å². The minimum absolute atomic E-state index is 0.0555. The summed E-state index contributed by atoms with van der Waals surface area (Å²) < 4.78 is 5.67. The summed E-state index contributed by atoms with van der Waals surface area (Å²) in [5.74, 6) is 0.643. The normalized spacial score (nSPS) is 10.8. The fourth-order valence-corrected chi connectivity index (χ4v) is 2.29. The molecule has 0 spiro atoms. The molecule has 0 aliphatic carbocycles. The monoisotopic (exact) mass is 324 g/mol. The number of nitrogens with two attached hydrogens (primary N) is 1. The molecule has 3 nitrogen and oxygen atoms in total. The molecule has 0 radical (unpaired) electrons. The first kappa shape index (κ1) is 15.8. The van der Waals surface area contributed by atoms with Gasteiger partial charge in [0.1, 0.15) is 5.75 Å². The molecule has 0 saturated carbocycles. The molecule has 0 saturated heterocycles. The highest BCUT2D eigenvalue weighted by Gasteiger charge is 2.08. The number of aryl methyl sites for hydroxylation is 1. The quantitative estimate of drug-likeness (QED) is 0.738. The van der Waals surface area contributed by atoms with Crippen molar-refractivity contribution >= 4 is 40.3 Å². The molecule has 2 aromatic rings. The maximum atomic E-state index is 6.23. The van der Waals surface area contributed by atoms with E-state index in [-0.39, 0.29) is 6.10 Å². The standard InChI is InChI=1S/C16H18Cl2N2O/c1-9(2)21-16-7-11(4-5-14(16)19)20-15-8-12(17)10(3)6-13(15)18/h4-9,20H,19H2,1-3H3. The minimum Gasteiger partial charge on any atom is -0.489 e. The van der Waals surface area contributed by atoms with Gasteiger partial charge in [-0.3, -0.25) is 0 Å². The van der Waals surface area contributed by atoms with Crippen molar-refractivity contribution in [2.24, 2.45) is 0 Å². The van der Waals surface area contributed by atoms with Gasteiger partial charge in [-0.1, -0.05) is 23.2 Å². The van der Waals surface area contributed by atoms with Crippen LogP contribution in [0.5, 0.6) is 5.75 Å². The van der Waals surface area contributed by atoms with E-state index in [4.69, 9.17) is 33.7 Å². The second kappa shape index (κ2) is 6.46. The van der Waals surface area contributed by atoms with Crippen LogP contribution in [-0.4, -0.2) is 6.10 Å². The molecule has 0 unspecified atom stereocenters. The second-order valence-corrected chi connectivity index (χ2v) is 5.94. The predicted octanol–water partition coefficient (Wildman–Crippen LogP) is 5.41. The first-order chi connectivity index (χ1) is 9.86. The first-order valence-corrected chi connectivity index (χ1v) is 7.41. The van der Waals surface area contributed by atoms with Crippen LogP contribution < -0.4 is 15.8 Å². The van der Waals surface area contributed by atoms with Gasteiger partial charge < -0.3 is 15.8 Å². The summed E-state index contributed by atoms with van der Waals surface area (Å²) in [6, 6.07) is 9.14. The molecule has 21 heavy (non-hydrogen) atoms. The van der Waals surface area contributed by atoms with Crippen molar-refractivity contribution < 1.29 is 4.74 Å². The van der Waals surface area contributed by atoms with E-state index in [0.29, 0.717) is 21.5 Å². The van der Waals surface area contributed by atoms with Gasteiger partial charge in [-0.25, -0.2) is 0 Å². The topological polar surface area (TPSA) is 47.3 Å². The molecular weight excluding hydrogens is 307 g/mol. The lowest BCUT2D eigenvalue weighted by Gasteiger charge is -2.15. The van der Waals surface area contributed by atoms with Crippen LogP contribution >= 0.6 is 23.2 Å². The summed E-state index contributed by atoms with van der Waals surface area (Å²) in [5.41, 5.74) is 9.02. The third-order valence-corrected chi connectivity index (χ3v) is 3.62. The molecule has 3 N–H and O–H groups in total. The Morgan fingerprint density at radius 1 is 1.10 bits per heavy atom. The third-order valence-electron chi connectivity index (χ3n) is 2.90. The Kier molecular flexibility index (Phi) is 4.86. The summed E-state index contributed by atoms with van der Waals surface area (Å²) in [6.45, 7) is 5.82. The summed E-state index contributed by atoms with van der Waals surface area (Å²) in [7, 11) is 0. The Morgan fingerprint density at radius 3 is 2.48 bits per heavy atom. The van der Waals surface area contributed by atoms with E-state index >= 15 is 0 Å². The van der Waals surface area contributed by atoms with E-state index in [1.54, 1.807) is 12.1 Å². The highest BCUT2D eigenvalue weighted by molar-refractivity contribution is 6.35. The van der Waals surface area contributed by atoms with Crippen LogP contribution in [0.4, 0.5) is 17.1 Å². The zero-order chi connectivity index (χ0) is 15.6. The Balaban J connectivity index is 2.30. The van der Waals surface area contributed by atoms with Crippen molar-refractivity contribution in [3.8, 4) is 5.75 Å². The number of rotatable bonds is 4. The van der Waals surface area contributed by atoms with Gasteiger partial charge in [0, 0.05) is 16.8 Å². The molecule has 0 aliphatic rings. The maximum Gasteiger partial charge on any atom is 0.144 e. The van der Waals surface area contributed by atoms with Gasteiger partial charge in [-0.2, -0.15) is 0 Å². The Bertz CT molecular complexity index is 657. The SMILES string of the molecule is Cc1cc(Cl)c(Nc2ccc(N)c(OC(C)C)c2)cc1Cl. The van der Waals surface area contributed by atoms with Crippen LogP contribution in [0, 0.1) is 6.92 Å². The summed E-state index contributed by atoms with van der Waals surface area (Å²) in [4.78, 5) is 0. The Hall–Kier alpha value is -1.58. The van der Waals surface area contributed by atoms with E-state index in [1.165, 1.54) is 0 Å². The van der Waals surface area contributed by atoms with Crippen LogP contribution in [0.3, 0.4) is 0 Å². The number of halogens is 2. The fourth-order valence-electron chi connectivity index (χ4n) is 1.87. The Labute approximate surface area is 135 Å². The van der Waals surface area contributed by atoms with Gasteiger partial charge in [0.05, 0.1) is 22.5 Å². The van der Waals surface area contributed by atoms with E-state index in [1.807, 2.05) is 39.0 Å². The molecule has 0 fully saturated rings. The molecule has 0 heterocycles. The van der Waals surface area contributed by atoms with Gasteiger partial charge in [-0.15, -0.1) is 0 Å². The van der Waals surface area contributed by atoms with Crippen molar-refractivity contribution in [1.82, 2.24) is 0 Å². The van der Waals surface area contributed by atoms with E-state index < -0.39 is 0 Å². The van der Waals surface area contributed by atoms with Crippen LogP contribution in [0.1, 0.15) is 19.4 Å². The third kappa shape index (κ3) is 3.96. The minimum atomic E-state index is 0.0555. The molecule has 0 bridgehead atoms. The second-order valence-electron chi connectivity index (χ2n) is 5.13. The number of anilines is 3. The van der Waals surface area contributed by atoms with Crippen molar-refractivity contribution in [1.29, 1.82) is 0 Å². The lowest BCUT2D eigenvalue weighted by Crippen LogP contribution is -2.07. The van der Waals surface area contributed by atoms with Crippen LogP contribution in [-0.2, 0) is 0 Å². The largest absolute Gasteiger partial charge is 0.489 e. The van der Waals surface area contributed by atoms with Gasteiger partial charge >= 0.3 is 0 Å². The molecule has 0 aliphatic heterocycles. The maximum absolute atomic E-state index is 6.23. The number of benzene rings is 2. The van der Waals surface area contributed by atoms with Gasteiger partial charge in [-0.05, 0) is 50.6 Å². The smallest absolute Gasteiger partial charge is 0.144 e. The van der Waals surface area contributed by atoms with Crippen LogP contribution in [0.2, 0.25) is 10.0 Å². The van der Waals surface area contributed by atoms with Crippen molar-refractivity contribution in [3.05, 3.63) is 45.9 Å². The average molecular weight is 325 g/mol. The average Bonchev–Trinajstić information content (AvgIpc) is 2.39. The summed E-state index contributed by atoms with van der Waals surface area (Å²) in [6.07, 6.45) is 0.0555. The summed E-state index contributed by atoms with van der Waals surface area (Å²) >= 11 is 12.4. The molecule has 0 aromatic heterocycles. The highest BCUT2D eigenvalue weighted by Crippen LogP contribution is 2.33.